The third-order valence-electron chi connectivity index (χ3n) is 4.46. The molecule has 1 aliphatic heterocycles. The zero-order chi connectivity index (χ0) is 13.6. The largest absolute Gasteiger partial charge is 0.339 e. The Balaban J connectivity index is 1.62. The maximum Gasteiger partial charge on any atom is 0.232 e. The topological polar surface area (TPSA) is 68.2 Å². The van der Waals surface area contributed by atoms with Crippen molar-refractivity contribution in [1.29, 1.82) is 0 Å². The Morgan fingerprint density at radius 1 is 1.32 bits per heavy atom. The van der Waals surface area contributed by atoms with Crippen LogP contribution in [0, 0.1) is 11.8 Å². The van der Waals surface area contributed by atoms with E-state index in [0.717, 1.165) is 37.3 Å². The van der Waals surface area contributed by atoms with E-state index in [2.05, 4.69) is 35.8 Å². The van der Waals surface area contributed by atoms with Gasteiger partial charge < -0.3 is 10.3 Å². The molecule has 1 aromatic heterocycles. The van der Waals surface area contributed by atoms with E-state index in [1.807, 2.05) is 0 Å². The molecule has 5 nitrogen and oxygen atoms in total. The number of nitrogens with two attached hydrogens (primary N) is 1. The number of aromatic nitrogens is 2. The molecule has 1 saturated carbocycles. The number of rotatable bonds is 2. The minimum atomic E-state index is -0.0743. The Hall–Kier alpha value is -0.940. The lowest BCUT2D eigenvalue weighted by Crippen LogP contribution is -2.30. The standard InChI is InChI=1S/C14H24N4O/c1-14(2,3)13-16-12(17-19-13)8-18-6-9-4-5-11(15)10(9)7-18/h9-11H,4-8,15H2,1-3H3. The Labute approximate surface area is 114 Å². The molecule has 1 aromatic rings. The van der Waals surface area contributed by atoms with E-state index < -0.39 is 0 Å². The summed E-state index contributed by atoms with van der Waals surface area (Å²) in [4.78, 5) is 6.93. The van der Waals surface area contributed by atoms with Gasteiger partial charge in [0.15, 0.2) is 5.82 Å². The third-order valence-corrected chi connectivity index (χ3v) is 4.46. The number of likely N-dealkylation sites (tertiary alicyclic amines) is 1. The molecule has 0 spiro atoms. The fourth-order valence-corrected chi connectivity index (χ4v) is 3.35. The summed E-state index contributed by atoms with van der Waals surface area (Å²) in [6.07, 6.45) is 2.47. The molecule has 0 bridgehead atoms. The van der Waals surface area contributed by atoms with Gasteiger partial charge in [-0.3, -0.25) is 4.90 Å². The summed E-state index contributed by atoms with van der Waals surface area (Å²) in [5.41, 5.74) is 6.09. The molecule has 19 heavy (non-hydrogen) atoms. The smallest absolute Gasteiger partial charge is 0.232 e. The molecule has 2 N–H and O–H groups in total. The van der Waals surface area contributed by atoms with Crippen LogP contribution in [-0.4, -0.2) is 34.2 Å². The first-order chi connectivity index (χ1) is 8.93. The Bertz CT molecular complexity index is 451. The van der Waals surface area contributed by atoms with Crippen LogP contribution in [0.3, 0.4) is 0 Å². The van der Waals surface area contributed by atoms with Gasteiger partial charge in [-0.2, -0.15) is 4.98 Å². The van der Waals surface area contributed by atoms with Crippen molar-refractivity contribution in [2.24, 2.45) is 17.6 Å². The number of nitrogens with zero attached hydrogens (tertiary/aromatic N) is 3. The van der Waals surface area contributed by atoms with E-state index in [0.29, 0.717) is 12.0 Å². The fourth-order valence-electron chi connectivity index (χ4n) is 3.35. The van der Waals surface area contributed by atoms with Gasteiger partial charge in [0.2, 0.25) is 5.89 Å². The van der Waals surface area contributed by atoms with E-state index in [9.17, 15) is 0 Å². The van der Waals surface area contributed by atoms with Crippen molar-refractivity contribution >= 4 is 0 Å². The monoisotopic (exact) mass is 264 g/mol. The maximum atomic E-state index is 6.16. The van der Waals surface area contributed by atoms with Gasteiger partial charge in [-0.1, -0.05) is 25.9 Å². The van der Waals surface area contributed by atoms with Gasteiger partial charge in [0, 0.05) is 24.5 Å². The van der Waals surface area contributed by atoms with Gasteiger partial charge in [0.25, 0.3) is 0 Å². The summed E-state index contributed by atoms with van der Waals surface area (Å²) < 4.78 is 5.34. The van der Waals surface area contributed by atoms with Crippen LogP contribution in [0.2, 0.25) is 0 Å². The second kappa shape index (κ2) is 4.56. The second-order valence-electron chi connectivity index (χ2n) is 7.12. The zero-order valence-corrected chi connectivity index (χ0v) is 12.1. The molecule has 0 amide bonds. The third kappa shape index (κ3) is 2.54. The van der Waals surface area contributed by atoms with Gasteiger partial charge >= 0.3 is 0 Å². The van der Waals surface area contributed by atoms with Crippen molar-refractivity contribution in [2.75, 3.05) is 13.1 Å². The van der Waals surface area contributed by atoms with Crippen LogP contribution in [0.15, 0.2) is 4.52 Å². The summed E-state index contributed by atoms with van der Waals surface area (Å²) in [5, 5.41) is 4.10. The highest BCUT2D eigenvalue weighted by atomic mass is 16.5. The molecule has 3 rings (SSSR count). The molecule has 2 fully saturated rings. The average molecular weight is 264 g/mol. The first kappa shape index (κ1) is 13.1. The summed E-state index contributed by atoms with van der Waals surface area (Å²) in [5.74, 6) is 2.98. The van der Waals surface area contributed by atoms with Crippen LogP contribution >= 0.6 is 0 Å². The van der Waals surface area contributed by atoms with Crippen molar-refractivity contribution in [2.45, 2.75) is 51.6 Å². The van der Waals surface area contributed by atoms with Crippen molar-refractivity contribution in [3.8, 4) is 0 Å². The predicted molar refractivity (Wildman–Crippen MR) is 72.5 cm³/mol. The molecule has 0 aromatic carbocycles. The molecule has 2 aliphatic rings. The highest BCUT2D eigenvalue weighted by molar-refractivity contribution is 5.00. The molecule has 5 heteroatoms. The molecule has 3 atom stereocenters. The van der Waals surface area contributed by atoms with Crippen molar-refractivity contribution < 1.29 is 4.52 Å². The molecule has 3 unspecified atom stereocenters. The fraction of sp³-hybridized carbons (Fsp3) is 0.857. The Morgan fingerprint density at radius 3 is 2.74 bits per heavy atom. The Kier molecular flexibility index (Phi) is 3.14. The number of fused-ring (bicyclic) bond motifs is 1. The minimum Gasteiger partial charge on any atom is -0.339 e. The van der Waals surface area contributed by atoms with Crippen LogP contribution in [0.25, 0.3) is 0 Å². The summed E-state index contributed by atoms with van der Waals surface area (Å²) in [7, 11) is 0. The highest BCUT2D eigenvalue weighted by Gasteiger charge is 2.41. The first-order valence-corrected chi connectivity index (χ1v) is 7.24. The van der Waals surface area contributed by atoms with Gasteiger partial charge in [0.05, 0.1) is 6.54 Å². The number of hydrogen-bond donors (Lipinski definition) is 1. The summed E-state index contributed by atoms with van der Waals surface area (Å²) in [6.45, 7) is 9.28. The van der Waals surface area contributed by atoms with E-state index in [4.69, 9.17) is 10.3 Å². The lowest BCUT2D eigenvalue weighted by atomic mass is 9.97. The summed E-state index contributed by atoms with van der Waals surface area (Å²) in [6, 6.07) is 0.394. The maximum absolute atomic E-state index is 6.16. The van der Waals surface area contributed by atoms with Gasteiger partial charge in [-0.15, -0.1) is 0 Å². The van der Waals surface area contributed by atoms with Crippen LogP contribution in [0.4, 0.5) is 0 Å². The van der Waals surface area contributed by atoms with Crippen LogP contribution in [0.1, 0.15) is 45.3 Å². The molecule has 1 saturated heterocycles. The van der Waals surface area contributed by atoms with E-state index in [1.54, 1.807) is 0 Å². The van der Waals surface area contributed by atoms with Crippen LogP contribution < -0.4 is 5.73 Å². The number of hydrogen-bond acceptors (Lipinski definition) is 5. The van der Waals surface area contributed by atoms with E-state index >= 15 is 0 Å². The zero-order valence-electron chi connectivity index (χ0n) is 12.1. The highest BCUT2D eigenvalue weighted by Crippen LogP contribution is 2.37. The lowest BCUT2D eigenvalue weighted by Gasteiger charge is -2.16. The lowest BCUT2D eigenvalue weighted by molar-refractivity contribution is 0.279. The van der Waals surface area contributed by atoms with Gasteiger partial charge in [-0.25, -0.2) is 0 Å². The molecule has 106 valence electrons. The van der Waals surface area contributed by atoms with E-state index in [1.165, 1.54) is 12.8 Å². The van der Waals surface area contributed by atoms with Gasteiger partial charge in [-0.05, 0) is 24.7 Å². The SMILES string of the molecule is CC(C)(C)c1nc(CN2CC3CCC(N)C3C2)no1. The van der Waals surface area contributed by atoms with Crippen molar-refractivity contribution in [3.05, 3.63) is 11.7 Å². The van der Waals surface area contributed by atoms with Crippen LogP contribution in [-0.2, 0) is 12.0 Å². The van der Waals surface area contributed by atoms with Crippen molar-refractivity contribution in [1.82, 2.24) is 15.0 Å². The normalized spacial score (nSPS) is 31.9. The summed E-state index contributed by atoms with van der Waals surface area (Å²) >= 11 is 0. The quantitative estimate of drug-likeness (QED) is 0.877. The molecule has 2 heterocycles. The second-order valence-corrected chi connectivity index (χ2v) is 7.12. The first-order valence-electron chi connectivity index (χ1n) is 7.24. The molecular formula is C14H24N4O. The van der Waals surface area contributed by atoms with E-state index in [-0.39, 0.29) is 5.41 Å². The molecule has 0 radical (unpaired) electrons. The minimum absolute atomic E-state index is 0.0743. The molecule has 1 aliphatic carbocycles. The average Bonchev–Trinajstić information content (AvgIpc) is 2.97. The predicted octanol–water partition coefficient (Wildman–Crippen LogP) is 1.54. The Morgan fingerprint density at radius 2 is 2.11 bits per heavy atom. The van der Waals surface area contributed by atoms with Crippen LogP contribution in [0.5, 0.6) is 0 Å². The molecular weight excluding hydrogens is 240 g/mol. The van der Waals surface area contributed by atoms with Crippen molar-refractivity contribution in [3.63, 3.8) is 0 Å². The van der Waals surface area contributed by atoms with Gasteiger partial charge in [0.1, 0.15) is 0 Å².